The number of Topliss-reactive ketones (excluding diaryl/α,β-unsaturated/α-hetero) is 1. The molecular formula is C28H25BrN2O. The van der Waals surface area contributed by atoms with Crippen LogP contribution in [0, 0.1) is 13.8 Å². The van der Waals surface area contributed by atoms with Crippen LogP contribution in [0.2, 0.25) is 0 Å². The number of benzene rings is 4. The van der Waals surface area contributed by atoms with E-state index in [0.29, 0.717) is 6.54 Å². The van der Waals surface area contributed by atoms with Crippen molar-refractivity contribution in [2.24, 2.45) is 0 Å². The lowest BCUT2D eigenvalue weighted by Gasteiger charge is -2.03. The molecule has 0 radical (unpaired) electrons. The number of rotatable bonds is 5. The van der Waals surface area contributed by atoms with Gasteiger partial charge in [0.15, 0.2) is 17.6 Å². The van der Waals surface area contributed by atoms with Crippen LogP contribution in [0.5, 0.6) is 0 Å². The highest BCUT2D eigenvalue weighted by Crippen LogP contribution is 2.20. The molecule has 0 bridgehead atoms. The number of ketones is 1. The van der Waals surface area contributed by atoms with Gasteiger partial charge in [-0.1, -0.05) is 66.7 Å². The first-order chi connectivity index (χ1) is 15.1. The molecule has 0 aliphatic carbocycles. The molecule has 0 aliphatic rings. The number of halogens is 1. The van der Waals surface area contributed by atoms with Gasteiger partial charge in [0, 0.05) is 5.56 Å². The molecule has 4 aromatic carbocycles. The van der Waals surface area contributed by atoms with Gasteiger partial charge in [0.1, 0.15) is 6.54 Å². The minimum Gasteiger partial charge on any atom is -1.00 e. The summed E-state index contributed by atoms with van der Waals surface area (Å²) in [4.78, 5) is 13.2. The van der Waals surface area contributed by atoms with Crippen molar-refractivity contribution in [2.75, 3.05) is 0 Å². The Bertz CT molecular complexity index is 1420. The Morgan fingerprint density at radius 3 is 2.28 bits per heavy atom. The number of nitrogens with zero attached hydrogens (tertiary/aromatic N) is 2. The molecule has 5 rings (SSSR count). The average molecular weight is 485 g/mol. The van der Waals surface area contributed by atoms with Gasteiger partial charge >= 0.3 is 0 Å². The van der Waals surface area contributed by atoms with E-state index in [1.165, 1.54) is 16.7 Å². The van der Waals surface area contributed by atoms with Gasteiger partial charge < -0.3 is 17.0 Å². The molecule has 0 amide bonds. The smallest absolute Gasteiger partial charge is 0.245 e. The van der Waals surface area contributed by atoms with E-state index in [4.69, 9.17) is 0 Å². The van der Waals surface area contributed by atoms with Crippen LogP contribution in [0.4, 0.5) is 0 Å². The van der Waals surface area contributed by atoms with Crippen molar-refractivity contribution >= 4 is 27.6 Å². The zero-order valence-corrected chi connectivity index (χ0v) is 19.8. The van der Waals surface area contributed by atoms with Crippen molar-refractivity contribution in [3.05, 3.63) is 114 Å². The number of imidazole rings is 1. The van der Waals surface area contributed by atoms with Crippen LogP contribution in [-0.2, 0) is 13.1 Å². The molecule has 0 aliphatic heterocycles. The first-order valence-electron chi connectivity index (χ1n) is 10.6. The number of carbonyl (C=O) groups excluding carboxylic acids is 1. The molecule has 32 heavy (non-hydrogen) atoms. The van der Waals surface area contributed by atoms with E-state index in [9.17, 15) is 4.79 Å². The molecule has 3 nitrogen and oxygen atoms in total. The molecule has 160 valence electrons. The van der Waals surface area contributed by atoms with Crippen LogP contribution in [0.15, 0.2) is 91.3 Å². The normalized spacial score (nSPS) is 10.9. The number of hydrogen-bond acceptors (Lipinski definition) is 1. The lowest BCUT2D eigenvalue weighted by atomic mass is 10.0. The largest absolute Gasteiger partial charge is 1.00 e. The third kappa shape index (κ3) is 4.23. The molecule has 1 aromatic heterocycles. The number of aromatic nitrogens is 2. The second kappa shape index (κ2) is 9.09. The first kappa shape index (κ1) is 22.0. The van der Waals surface area contributed by atoms with Crippen LogP contribution < -0.4 is 21.5 Å². The second-order valence-corrected chi connectivity index (χ2v) is 8.27. The Hall–Kier alpha value is -3.24. The third-order valence-corrected chi connectivity index (χ3v) is 6.07. The van der Waals surface area contributed by atoms with Crippen LogP contribution >= 0.6 is 0 Å². The van der Waals surface area contributed by atoms with Crippen LogP contribution in [0.3, 0.4) is 0 Å². The highest BCUT2D eigenvalue weighted by atomic mass is 79.9. The first-order valence-corrected chi connectivity index (χ1v) is 10.6. The summed E-state index contributed by atoms with van der Waals surface area (Å²) in [5.74, 6) is 0.118. The van der Waals surface area contributed by atoms with E-state index in [0.717, 1.165) is 33.9 Å². The van der Waals surface area contributed by atoms with Crippen molar-refractivity contribution in [3.63, 3.8) is 0 Å². The molecule has 1 heterocycles. The van der Waals surface area contributed by atoms with Crippen LogP contribution in [-0.4, -0.2) is 10.4 Å². The highest BCUT2D eigenvalue weighted by Gasteiger charge is 2.20. The maximum Gasteiger partial charge on any atom is 0.245 e. The Balaban J connectivity index is 0.00000245. The predicted octanol–water partition coefficient (Wildman–Crippen LogP) is 2.63. The SMILES string of the molecule is Cc1cc2c(cc1C)[n+](Cc1ccccc1)cn2CC(=O)c1ccc2ccccc2c1.[Br-]. The molecule has 0 spiro atoms. The number of aryl methyl sites for hydroxylation is 2. The summed E-state index contributed by atoms with van der Waals surface area (Å²) >= 11 is 0. The van der Waals surface area contributed by atoms with Crippen molar-refractivity contribution in [1.82, 2.24) is 4.57 Å². The zero-order valence-electron chi connectivity index (χ0n) is 18.3. The maximum atomic E-state index is 13.2. The van der Waals surface area contributed by atoms with Gasteiger partial charge in [0.05, 0.1) is 0 Å². The fraction of sp³-hybridized carbons (Fsp3) is 0.143. The fourth-order valence-electron chi connectivity index (χ4n) is 4.18. The van der Waals surface area contributed by atoms with E-state index in [-0.39, 0.29) is 22.8 Å². The van der Waals surface area contributed by atoms with E-state index in [1.54, 1.807) is 0 Å². The van der Waals surface area contributed by atoms with Gasteiger partial charge in [0.2, 0.25) is 12.1 Å². The molecule has 4 heteroatoms. The minimum absolute atomic E-state index is 0. The van der Waals surface area contributed by atoms with Crippen LogP contribution in [0.1, 0.15) is 27.0 Å². The van der Waals surface area contributed by atoms with Crippen molar-refractivity contribution < 1.29 is 26.3 Å². The van der Waals surface area contributed by atoms with Crippen LogP contribution in [0.25, 0.3) is 21.8 Å². The topological polar surface area (TPSA) is 25.9 Å². The second-order valence-electron chi connectivity index (χ2n) is 8.27. The van der Waals surface area contributed by atoms with E-state index in [1.807, 2.05) is 36.4 Å². The van der Waals surface area contributed by atoms with E-state index in [2.05, 4.69) is 77.8 Å². The molecule has 0 saturated heterocycles. The molecule has 0 saturated carbocycles. The summed E-state index contributed by atoms with van der Waals surface area (Å²) < 4.78 is 4.33. The van der Waals surface area contributed by atoms with Gasteiger partial charge in [-0.2, -0.15) is 0 Å². The molecule has 0 unspecified atom stereocenters. The van der Waals surface area contributed by atoms with Gasteiger partial charge in [-0.05, 0) is 59.5 Å². The number of fused-ring (bicyclic) bond motifs is 2. The van der Waals surface area contributed by atoms with E-state index < -0.39 is 0 Å². The molecule has 0 atom stereocenters. The lowest BCUT2D eigenvalue weighted by Crippen LogP contribution is -3.00. The summed E-state index contributed by atoms with van der Waals surface area (Å²) in [6, 6.07) is 29.0. The molecule has 0 fully saturated rings. The quantitative estimate of drug-likeness (QED) is 0.278. The Morgan fingerprint density at radius 2 is 1.50 bits per heavy atom. The van der Waals surface area contributed by atoms with Crippen molar-refractivity contribution in [1.29, 1.82) is 0 Å². The molecular weight excluding hydrogens is 460 g/mol. The molecule has 5 aromatic rings. The highest BCUT2D eigenvalue weighted by molar-refractivity contribution is 6.00. The van der Waals surface area contributed by atoms with Gasteiger partial charge in [-0.15, -0.1) is 0 Å². The Morgan fingerprint density at radius 1 is 0.812 bits per heavy atom. The third-order valence-electron chi connectivity index (χ3n) is 6.07. The minimum atomic E-state index is 0. The number of carbonyl (C=O) groups is 1. The monoisotopic (exact) mass is 484 g/mol. The van der Waals surface area contributed by atoms with Gasteiger partial charge in [-0.3, -0.25) is 4.79 Å². The maximum absolute atomic E-state index is 13.2. The lowest BCUT2D eigenvalue weighted by molar-refractivity contribution is -0.663. The summed E-state index contributed by atoms with van der Waals surface area (Å²) in [6.07, 6.45) is 2.08. The average Bonchev–Trinajstić information content (AvgIpc) is 3.10. The Kier molecular flexibility index (Phi) is 6.24. The Labute approximate surface area is 198 Å². The number of hydrogen-bond donors (Lipinski definition) is 0. The summed E-state index contributed by atoms with van der Waals surface area (Å²) in [7, 11) is 0. The summed E-state index contributed by atoms with van der Waals surface area (Å²) in [5.41, 5.74) is 6.72. The van der Waals surface area contributed by atoms with Crippen molar-refractivity contribution in [2.45, 2.75) is 26.9 Å². The van der Waals surface area contributed by atoms with Gasteiger partial charge in [-0.25, -0.2) is 9.13 Å². The summed E-state index contributed by atoms with van der Waals surface area (Å²) in [6.45, 7) is 5.36. The fourth-order valence-corrected chi connectivity index (χ4v) is 4.18. The summed E-state index contributed by atoms with van der Waals surface area (Å²) in [5, 5.41) is 2.24. The zero-order chi connectivity index (χ0) is 21.4. The standard InChI is InChI=1S/C28H25N2O.BrH/c1-20-14-26-27(15-21(20)2)30(19-29(26)17-22-8-4-3-5-9-22)18-28(31)25-13-12-23-10-6-7-11-24(23)16-25;/h3-16,19H,17-18H2,1-2H3;1H/q+1;/p-1. The van der Waals surface area contributed by atoms with E-state index >= 15 is 0 Å². The predicted molar refractivity (Wildman–Crippen MR) is 125 cm³/mol. The van der Waals surface area contributed by atoms with Gasteiger partial charge in [0.25, 0.3) is 0 Å². The van der Waals surface area contributed by atoms with Crippen molar-refractivity contribution in [3.8, 4) is 0 Å². The molecule has 0 N–H and O–H groups in total.